The van der Waals surface area contributed by atoms with Gasteiger partial charge in [0.2, 0.25) is 0 Å². The number of allylic oxidation sites excluding steroid dienone is 1. The Labute approximate surface area is 190 Å². The molecule has 2 aromatic carbocycles. The minimum Gasteiger partial charge on any atom is -0.238 e. The largest absolute Gasteiger partial charge is 0.238 e. The first-order chi connectivity index (χ1) is 13.4. The van der Waals surface area contributed by atoms with Gasteiger partial charge < -0.3 is 0 Å². The Bertz CT molecular complexity index is 1110. The molecule has 0 spiro atoms. The van der Waals surface area contributed by atoms with Crippen LogP contribution in [-0.4, -0.2) is 4.98 Å². The molecule has 28 heavy (non-hydrogen) atoms. The summed E-state index contributed by atoms with van der Waals surface area (Å²) in [7, 11) is 0. The molecule has 9 heteroatoms. The van der Waals surface area contributed by atoms with Gasteiger partial charge in [-0.3, -0.25) is 0 Å². The second kappa shape index (κ2) is 9.18. The van der Waals surface area contributed by atoms with E-state index in [2.05, 4.69) is 69.1 Å². The van der Waals surface area contributed by atoms with Crippen LogP contribution in [0.2, 0.25) is 0 Å². The number of aryl methyl sites for hydroxylation is 1. The molecule has 0 aliphatic carbocycles. The minimum absolute atomic E-state index is 0.325. The molecule has 0 aliphatic rings. The number of azo groups is 1. The van der Waals surface area contributed by atoms with E-state index in [1.165, 1.54) is 23.5 Å². The van der Waals surface area contributed by atoms with Gasteiger partial charge in [0.1, 0.15) is 22.6 Å². The van der Waals surface area contributed by atoms with Gasteiger partial charge in [-0.2, -0.15) is 5.26 Å². The van der Waals surface area contributed by atoms with Crippen LogP contribution in [0.15, 0.2) is 60.0 Å². The van der Waals surface area contributed by atoms with Crippen LogP contribution in [0.4, 0.5) is 15.1 Å². The van der Waals surface area contributed by atoms with Crippen LogP contribution in [0.1, 0.15) is 16.3 Å². The van der Waals surface area contributed by atoms with E-state index in [0.29, 0.717) is 27.0 Å². The first-order valence-electron chi connectivity index (χ1n) is 7.79. The lowest BCUT2D eigenvalue weighted by Crippen LogP contribution is -1.82. The monoisotopic (exact) mass is 582 g/mol. The third-order valence-corrected chi connectivity index (χ3v) is 6.27. The Kier molecular flexibility index (Phi) is 6.88. The quantitative estimate of drug-likeness (QED) is 0.228. The van der Waals surface area contributed by atoms with Gasteiger partial charge in [0.05, 0.1) is 11.3 Å². The van der Waals surface area contributed by atoms with Gasteiger partial charge in [-0.15, -0.1) is 10.2 Å². The number of thiazole rings is 1. The molecule has 0 bridgehead atoms. The molecule has 140 valence electrons. The average molecular weight is 585 g/mol. The molecule has 0 unspecified atom stereocenters. The molecule has 0 aliphatic heterocycles. The molecule has 0 saturated heterocycles. The third-order valence-electron chi connectivity index (χ3n) is 3.53. The van der Waals surface area contributed by atoms with Crippen LogP contribution in [0.5, 0.6) is 0 Å². The second-order valence-electron chi connectivity index (χ2n) is 5.55. The molecule has 1 aromatic heterocycles. The highest BCUT2D eigenvalue weighted by atomic mass is 79.9. The summed E-state index contributed by atoms with van der Waals surface area (Å²) in [5.74, 6) is -0.325. The van der Waals surface area contributed by atoms with E-state index in [9.17, 15) is 9.65 Å². The van der Waals surface area contributed by atoms with Gasteiger partial charge in [-0.05, 0) is 74.7 Å². The summed E-state index contributed by atoms with van der Waals surface area (Å²) < 4.78 is 15.5. The summed E-state index contributed by atoms with van der Waals surface area (Å²) in [6, 6.07) is 11.8. The van der Waals surface area contributed by atoms with Crippen LogP contribution in [0.3, 0.4) is 0 Å². The first kappa shape index (κ1) is 21.0. The number of hydrogen-bond donors (Lipinski definition) is 0. The standard InChI is InChI=1S/C19H10Br3FN4S/c1-10-18(27-26-17-15(21)7-13(20)8-16(17)22)28-19(25-10)12(9-24)6-11-2-4-14(23)5-3-11/h2-8H,1H3. The van der Waals surface area contributed by atoms with E-state index >= 15 is 0 Å². The van der Waals surface area contributed by atoms with Crippen molar-refractivity contribution in [2.75, 3.05) is 0 Å². The molecule has 0 amide bonds. The van der Waals surface area contributed by atoms with Crippen LogP contribution in [-0.2, 0) is 0 Å². The number of nitrogens with zero attached hydrogens (tertiary/aromatic N) is 4. The lowest BCUT2D eigenvalue weighted by atomic mass is 10.1. The van der Waals surface area contributed by atoms with Gasteiger partial charge >= 0.3 is 0 Å². The summed E-state index contributed by atoms with van der Waals surface area (Å²) in [6.07, 6.45) is 1.67. The summed E-state index contributed by atoms with van der Waals surface area (Å²) in [5.41, 5.74) is 2.43. The van der Waals surface area contributed by atoms with Gasteiger partial charge in [-0.25, -0.2) is 9.37 Å². The number of halogens is 4. The Morgan fingerprint density at radius 1 is 1.14 bits per heavy atom. The summed E-state index contributed by atoms with van der Waals surface area (Å²) in [4.78, 5) is 4.44. The highest BCUT2D eigenvalue weighted by molar-refractivity contribution is 9.11. The summed E-state index contributed by atoms with van der Waals surface area (Å²) in [6.45, 7) is 1.81. The highest BCUT2D eigenvalue weighted by Crippen LogP contribution is 2.39. The molecule has 0 saturated carbocycles. The molecular formula is C19H10Br3FN4S. The predicted octanol–water partition coefficient (Wildman–Crippen LogP) is 8.36. The maximum Gasteiger partial charge on any atom is 0.162 e. The van der Waals surface area contributed by atoms with Crippen molar-refractivity contribution in [1.82, 2.24) is 4.98 Å². The van der Waals surface area contributed by atoms with Crippen molar-refractivity contribution in [3.05, 3.63) is 71.9 Å². The molecule has 0 N–H and O–H groups in total. The molecule has 0 atom stereocenters. The molecule has 3 aromatic rings. The molecule has 4 nitrogen and oxygen atoms in total. The van der Waals surface area contributed by atoms with E-state index in [-0.39, 0.29) is 5.82 Å². The SMILES string of the molecule is Cc1nc(C(C#N)=Cc2ccc(F)cc2)sc1N=Nc1c(Br)cc(Br)cc1Br. The first-order valence-corrected chi connectivity index (χ1v) is 11.0. The van der Waals surface area contributed by atoms with E-state index in [0.717, 1.165) is 19.0 Å². The lowest BCUT2D eigenvalue weighted by molar-refractivity contribution is 0.628. The van der Waals surface area contributed by atoms with Crippen molar-refractivity contribution in [2.24, 2.45) is 10.2 Å². The smallest absolute Gasteiger partial charge is 0.162 e. The van der Waals surface area contributed by atoms with Gasteiger partial charge in [-0.1, -0.05) is 39.4 Å². The molecule has 0 radical (unpaired) electrons. The van der Waals surface area contributed by atoms with Crippen molar-refractivity contribution >= 4 is 81.5 Å². The number of nitriles is 1. The van der Waals surface area contributed by atoms with Crippen molar-refractivity contribution in [1.29, 1.82) is 5.26 Å². The lowest BCUT2D eigenvalue weighted by Gasteiger charge is -2.01. The Morgan fingerprint density at radius 2 is 1.79 bits per heavy atom. The van der Waals surface area contributed by atoms with Crippen LogP contribution in [0.25, 0.3) is 11.6 Å². The summed E-state index contributed by atoms with van der Waals surface area (Å²) in [5, 5.41) is 19.3. The number of aromatic nitrogens is 1. The fourth-order valence-electron chi connectivity index (χ4n) is 2.19. The zero-order valence-corrected chi connectivity index (χ0v) is 19.8. The fraction of sp³-hybridized carbons (Fsp3) is 0.0526. The molecule has 0 fully saturated rings. The van der Waals surface area contributed by atoms with Crippen molar-refractivity contribution in [3.8, 4) is 6.07 Å². The third kappa shape index (κ3) is 5.00. The Balaban J connectivity index is 1.92. The van der Waals surface area contributed by atoms with E-state index in [1.54, 1.807) is 18.2 Å². The van der Waals surface area contributed by atoms with Crippen LogP contribution >= 0.6 is 59.1 Å². The van der Waals surface area contributed by atoms with E-state index in [4.69, 9.17) is 0 Å². The van der Waals surface area contributed by atoms with Crippen molar-refractivity contribution in [3.63, 3.8) is 0 Å². The number of benzene rings is 2. The highest BCUT2D eigenvalue weighted by Gasteiger charge is 2.12. The maximum absolute atomic E-state index is 13.1. The van der Waals surface area contributed by atoms with Crippen LogP contribution in [0, 0.1) is 24.1 Å². The van der Waals surface area contributed by atoms with Crippen molar-refractivity contribution < 1.29 is 4.39 Å². The van der Waals surface area contributed by atoms with Gasteiger partial charge in [0.15, 0.2) is 5.00 Å². The Hall–Kier alpha value is -1.73. The van der Waals surface area contributed by atoms with E-state index < -0.39 is 0 Å². The normalized spacial score (nSPS) is 11.8. The summed E-state index contributed by atoms with van der Waals surface area (Å²) >= 11 is 11.6. The van der Waals surface area contributed by atoms with E-state index in [1.807, 2.05) is 19.1 Å². The number of hydrogen-bond acceptors (Lipinski definition) is 5. The fourth-order valence-corrected chi connectivity index (χ4v) is 5.46. The van der Waals surface area contributed by atoms with Gasteiger partial charge in [0, 0.05) is 13.4 Å². The zero-order valence-electron chi connectivity index (χ0n) is 14.3. The zero-order chi connectivity index (χ0) is 20.3. The Morgan fingerprint density at radius 3 is 2.39 bits per heavy atom. The predicted molar refractivity (Wildman–Crippen MR) is 120 cm³/mol. The maximum atomic E-state index is 13.1. The molecule has 3 rings (SSSR count). The average Bonchev–Trinajstić information content (AvgIpc) is 3.01. The minimum atomic E-state index is -0.325. The second-order valence-corrected chi connectivity index (χ2v) is 9.15. The molecule has 1 heterocycles. The van der Waals surface area contributed by atoms with Gasteiger partial charge in [0.25, 0.3) is 0 Å². The van der Waals surface area contributed by atoms with Crippen LogP contribution < -0.4 is 0 Å². The molecular weight excluding hydrogens is 575 g/mol. The topological polar surface area (TPSA) is 61.4 Å². The number of rotatable bonds is 4. The van der Waals surface area contributed by atoms with Crippen molar-refractivity contribution in [2.45, 2.75) is 6.92 Å².